The molecule has 1 unspecified atom stereocenters. The summed E-state index contributed by atoms with van der Waals surface area (Å²) in [5.41, 5.74) is 0. The third-order valence-corrected chi connectivity index (χ3v) is 3.01. The fraction of sp³-hybridized carbons (Fsp3) is 0.400. The van der Waals surface area contributed by atoms with Gasteiger partial charge >= 0.3 is 0 Å². The minimum atomic E-state index is -0.290. The SMILES string of the molecule is CC(CS)COc1cc(F)ccc1Br. The largest absolute Gasteiger partial charge is 0.492 e. The van der Waals surface area contributed by atoms with E-state index in [-0.39, 0.29) is 5.82 Å². The van der Waals surface area contributed by atoms with Crippen molar-refractivity contribution >= 4 is 28.6 Å². The van der Waals surface area contributed by atoms with E-state index < -0.39 is 0 Å². The first-order valence-corrected chi connectivity index (χ1v) is 5.74. The number of benzene rings is 1. The lowest BCUT2D eigenvalue weighted by atomic mass is 10.2. The standard InChI is InChI=1S/C10H12BrFOS/c1-7(6-14)5-13-10-4-8(12)2-3-9(10)11/h2-4,7,14H,5-6H2,1H3. The Morgan fingerprint density at radius 2 is 2.29 bits per heavy atom. The van der Waals surface area contributed by atoms with Crippen molar-refractivity contribution in [3.8, 4) is 5.75 Å². The van der Waals surface area contributed by atoms with E-state index in [2.05, 4.69) is 28.6 Å². The Balaban J connectivity index is 2.62. The number of thiol groups is 1. The molecule has 1 aromatic carbocycles. The van der Waals surface area contributed by atoms with Crippen molar-refractivity contribution < 1.29 is 9.13 Å². The molecule has 0 aliphatic heterocycles. The maximum Gasteiger partial charge on any atom is 0.136 e. The van der Waals surface area contributed by atoms with Crippen LogP contribution in [0.25, 0.3) is 0 Å². The molecule has 0 spiro atoms. The van der Waals surface area contributed by atoms with Crippen LogP contribution in [-0.2, 0) is 0 Å². The summed E-state index contributed by atoms with van der Waals surface area (Å²) >= 11 is 7.43. The first kappa shape index (κ1) is 11.9. The highest BCUT2D eigenvalue weighted by molar-refractivity contribution is 9.10. The molecular formula is C10H12BrFOS. The van der Waals surface area contributed by atoms with E-state index in [1.165, 1.54) is 12.1 Å². The Morgan fingerprint density at radius 1 is 1.57 bits per heavy atom. The highest BCUT2D eigenvalue weighted by Crippen LogP contribution is 2.25. The Labute approximate surface area is 97.2 Å². The lowest BCUT2D eigenvalue weighted by Gasteiger charge is -2.11. The van der Waals surface area contributed by atoms with Gasteiger partial charge in [0.25, 0.3) is 0 Å². The molecule has 1 nitrogen and oxygen atoms in total. The monoisotopic (exact) mass is 278 g/mol. The van der Waals surface area contributed by atoms with Gasteiger partial charge in [0.1, 0.15) is 11.6 Å². The van der Waals surface area contributed by atoms with Crippen molar-refractivity contribution in [1.82, 2.24) is 0 Å². The average Bonchev–Trinajstić information content (AvgIpc) is 2.19. The highest BCUT2D eigenvalue weighted by atomic mass is 79.9. The molecule has 0 aromatic heterocycles. The normalized spacial score (nSPS) is 12.6. The molecular weight excluding hydrogens is 267 g/mol. The van der Waals surface area contributed by atoms with E-state index in [1.807, 2.05) is 6.92 Å². The van der Waals surface area contributed by atoms with Gasteiger partial charge in [-0.25, -0.2) is 4.39 Å². The highest BCUT2D eigenvalue weighted by Gasteiger charge is 2.05. The molecule has 4 heteroatoms. The van der Waals surface area contributed by atoms with Crippen LogP contribution in [-0.4, -0.2) is 12.4 Å². The van der Waals surface area contributed by atoms with Crippen LogP contribution < -0.4 is 4.74 Å². The predicted molar refractivity (Wildman–Crippen MR) is 62.6 cm³/mol. The Bertz CT molecular complexity index is 306. The van der Waals surface area contributed by atoms with Gasteiger partial charge in [-0.1, -0.05) is 6.92 Å². The Hall–Kier alpha value is -0.220. The summed E-state index contributed by atoms with van der Waals surface area (Å²) in [6.07, 6.45) is 0. The van der Waals surface area contributed by atoms with Crippen molar-refractivity contribution in [3.05, 3.63) is 28.5 Å². The summed E-state index contributed by atoms with van der Waals surface area (Å²) in [7, 11) is 0. The van der Waals surface area contributed by atoms with E-state index in [1.54, 1.807) is 6.07 Å². The maximum atomic E-state index is 12.8. The summed E-state index contributed by atoms with van der Waals surface area (Å²) in [4.78, 5) is 0. The van der Waals surface area contributed by atoms with Crippen molar-refractivity contribution in [2.24, 2.45) is 5.92 Å². The number of hydrogen-bond donors (Lipinski definition) is 1. The molecule has 0 radical (unpaired) electrons. The van der Waals surface area contributed by atoms with Crippen LogP contribution in [0.5, 0.6) is 5.75 Å². The fourth-order valence-electron chi connectivity index (χ4n) is 0.873. The number of ether oxygens (including phenoxy) is 1. The van der Waals surface area contributed by atoms with Crippen LogP contribution in [0.1, 0.15) is 6.92 Å². The second-order valence-corrected chi connectivity index (χ2v) is 4.39. The second-order valence-electron chi connectivity index (χ2n) is 3.17. The molecule has 0 N–H and O–H groups in total. The van der Waals surface area contributed by atoms with E-state index in [0.717, 1.165) is 10.2 Å². The Morgan fingerprint density at radius 3 is 2.93 bits per heavy atom. The number of halogens is 2. The van der Waals surface area contributed by atoms with Crippen molar-refractivity contribution in [2.45, 2.75) is 6.92 Å². The van der Waals surface area contributed by atoms with Crippen molar-refractivity contribution in [3.63, 3.8) is 0 Å². The van der Waals surface area contributed by atoms with Gasteiger partial charge in [0, 0.05) is 6.07 Å². The van der Waals surface area contributed by atoms with Gasteiger partial charge in [-0.2, -0.15) is 12.6 Å². The van der Waals surface area contributed by atoms with Crippen LogP contribution in [0.15, 0.2) is 22.7 Å². The molecule has 0 heterocycles. The third-order valence-electron chi connectivity index (χ3n) is 1.73. The lowest BCUT2D eigenvalue weighted by Crippen LogP contribution is -2.10. The molecule has 1 atom stereocenters. The van der Waals surface area contributed by atoms with Crippen LogP contribution in [0.3, 0.4) is 0 Å². The summed E-state index contributed by atoms with van der Waals surface area (Å²) in [6.45, 7) is 2.58. The van der Waals surface area contributed by atoms with Gasteiger partial charge in [0.05, 0.1) is 11.1 Å². The zero-order valence-electron chi connectivity index (χ0n) is 7.84. The summed E-state index contributed by atoms with van der Waals surface area (Å²) < 4.78 is 19.0. The molecule has 78 valence electrons. The molecule has 0 fully saturated rings. The van der Waals surface area contributed by atoms with E-state index >= 15 is 0 Å². The summed E-state index contributed by atoms with van der Waals surface area (Å²) in [5, 5.41) is 0. The minimum Gasteiger partial charge on any atom is -0.492 e. The first-order valence-electron chi connectivity index (χ1n) is 4.32. The van der Waals surface area contributed by atoms with E-state index in [9.17, 15) is 4.39 Å². The second kappa shape index (κ2) is 5.61. The van der Waals surface area contributed by atoms with Crippen LogP contribution in [0.2, 0.25) is 0 Å². The minimum absolute atomic E-state index is 0.290. The van der Waals surface area contributed by atoms with Gasteiger partial charge in [-0.05, 0) is 39.7 Å². The molecule has 0 saturated heterocycles. The molecule has 0 aliphatic rings. The smallest absolute Gasteiger partial charge is 0.136 e. The van der Waals surface area contributed by atoms with Gasteiger partial charge in [0.15, 0.2) is 0 Å². The molecule has 1 aromatic rings. The molecule has 0 aliphatic carbocycles. The molecule has 1 rings (SSSR count). The van der Waals surface area contributed by atoms with Crippen LogP contribution in [0.4, 0.5) is 4.39 Å². The lowest BCUT2D eigenvalue weighted by molar-refractivity contribution is 0.271. The summed E-state index contributed by atoms with van der Waals surface area (Å²) in [5.74, 6) is 1.36. The topological polar surface area (TPSA) is 9.23 Å². The molecule has 14 heavy (non-hydrogen) atoms. The zero-order valence-corrected chi connectivity index (χ0v) is 10.3. The molecule has 0 saturated carbocycles. The quantitative estimate of drug-likeness (QED) is 0.829. The molecule has 0 bridgehead atoms. The van der Waals surface area contributed by atoms with Crippen LogP contribution in [0, 0.1) is 11.7 Å². The van der Waals surface area contributed by atoms with Gasteiger partial charge in [-0.15, -0.1) is 0 Å². The summed E-state index contributed by atoms with van der Waals surface area (Å²) in [6, 6.07) is 4.39. The first-order chi connectivity index (χ1) is 6.63. The maximum absolute atomic E-state index is 12.8. The van der Waals surface area contributed by atoms with Gasteiger partial charge in [0.2, 0.25) is 0 Å². The molecule has 0 amide bonds. The number of rotatable bonds is 4. The third kappa shape index (κ3) is 3.50. The van der Waals surface area contributed by atoms with Crippen molar-refractivity contribution in [1.29, 1.82) is 0 Å². The predicted octanol–water partition coefficient (Wildman–Crippen LogP) is 3.53. The van der Waals surface area contributed by atoms with Crippen LogP contribution >= 0.6 is 28.6 Å². The van der Waals surface area contributed by atoms with Gasteiger partial charge < -0.3 is 4.74 Å². The van der Waals surface area contributed by atoms with Gasteiger partial charge in [-0.3, -0.25) is 0 Å². The van der Waals surface area contributed by atoms with E-state index in [0.29, 0.717) is 18.3 Å². The average molecular weight is 279 g/mol. The number of hydrogen-bond acceptors (Lipinski definition) is 2. The van der Waals surface area contributed by atoms with Crippen molar-refractivity contribution in [2.75, 3.05) is 12.4 Å². The Kier molecular flexibility index (Phi) is 4.75. The fourth-order valence-corrected chi connectivity index (χ4v) is 1.34. The zero-order chi connectivity index (χ0) is 10.6. The van der Waals surface area contributed by atoms with E-state index in [4.69, 9.17) is 4.74 Å².